The first-order valence-electron chi connectivity index (χ1n) is 9.57. The second-order valence-corrected chi connectivity index (χ2v) is 6.85. The molecule has 0 aromatic rings. The zero-order valence-corrected chi connectivity index (χ0v) is 19.5. The summed E-state index contributed by atoms with van der Waals surface area (Å²) in [4.78, 5) is 21.1. The fraction of sp³-hybridized carbons (Fsp3) is 0.889. The molecule has 0 aromatic heterocycles. The average Bonchev–Trinajstić information content (AvgIpc) is 2.61. The van der Waals surface area contributed by atoms with Crippen LogP contribution in [0.5, 0.6) is 0 Å². The molecule has 0 radical (unpaired) electrons. The molecule has 1 heterocycles. The summed E-state index contributed by atoms with van der Waals surface area (Å²) in [7, 11) is 0. The molecule has 0 spiro atoms. The maximum absolute atomic E-state index is 12.1. The molecule has 0 atom stereocenters. The van der Waals surface area contributed by atoms with Gasteiger partial charge in [-0.3, -0.25) is 14.7 Å². The van der Waals surface area contributed by atoms with E-state index in [-0.39, 0.29) is 35.4 Å². The number of halogens is 1. The van der Waals surface area contributed by atoms with Crippen LogP contribution >= 0.6 is 24.0 Å². The lowest BCUT2D eigenvalue weighted by atomic mass is 10.0. The summed E-state index contributed by atoms with van der Waals surface area (Å²) in [5.74, 6) is 0.957. The number of hydrogen-bond acceptors (Lipinski definition) is 4. The number of carbonyl (C=O) groups is 1. The van der Waals surface area contributed by atoms with Crippen LogP contribution in [-0.2, 0) is 9.53 Å². The van der Waals surface area contributed by atoms with Gasteiger partial charge in [-0.1, -0.05) is 0 Å². The van der Waals surface area contributed by atoms with E-state index in [1.165, 1.54) is 0 Å². The van der Waals surface area contributed by atoms with E-state index < -0.39 is 0 Å². The van der Waals surface area contributed by atoms with Gasteiger partial charge in [-0.2, -0.15) is 0 Å². The van der Waals surface area contributed by atoms with Crippen LogP contribution in [0.2, 0.25) is 0 Å². The van der Waals surface area contributed by atoms with Crippen molar-refractivity contribution in [3.63, 3.8) is 0 Å². The minimum Gasteiger partial charge on any atom is -0.379 e. The summed E-state index contributed by atoms with van der Waals surface area (Å²) >= 11 is 0. The monoisotopic (exact) mass is 483 g/mol. The van der Waals surface area contributed by atoms with Gasteiger partial charge in [0.25, 0.3) is 0 Å². The van der Waals surface area contributed by atoms with E-state index in [4.69, 9.17) is 9.73 Å². The average molecular weight is 483 g/mol. The highest BCUT2D eigenvalue weighted by molar-refractivity contribution is 14.0. The summed E-state index contributed by atoms with van der Waals surface area (Å²) < 4.78 is 5.43. The number of nitrogens with one attached hydrogen (secondary N) is 2. The molecule has 0 bridgehead atoms. The standard InChI is InChI=1S/C18H37N5O2.HI/c1-6-19-17(20-10-9-16(24)22(7-2)8-3)21-15-18(4,5)23-11-13-25-14-12-23;/h6-15H2,1-5H3,(H2,19,20,21);1H. The maximum atomic E-state index is 12.1. The summed E-state index contributed by atoms with van der Waals surface area (Å²) in [5.41, 5.74) is -0.0107. The van der Waals surface area contributed by atoms with Gasteiger partial charge in [-0.15, -0.1) is 24.0 Å². The minimum absolute atomic E-state index is 0. The molecule has 2 N–H and O–H groups in total. The number of carbonyl (C=O) groups excluding carboxylic acids is 1. The number of nitrogens with zero attached hydrogens (tertiary/aromatic N) is 3. The van der Waals surface area contributed by atoms with E-state index in [1.54, 1.807) is 0 Å². The number of rotatable bonds is 9. The minimum atomic E-state index is -0.0107. The van der Waals surface area contributed by atoms with Crippen molar-refractivity contribution in [3.8, 4) is 0 Å². The van der Waals surface area contributed by atoms with Crippen LogP contribution in [0, 0.1) is 0 Å². The predicted molar refractivity (Wildman–Crippen MR) is 118 cm³/mol. The predicted octanol–water partition coefficient (Wildman–Crippen LogP) is 1.53. The highest BCUT2D eigenvalue weighted by atomic mass is 127. The topological polar surface area (TPSA) is 69.2 Å². The number of morpholine rings is 1. The summed E-state index contributed by atoms with van der Waals surface area (Å²) in [6.07, 6.45) is 0.485. The number of hydrogen-bond donors (Lipinski definition) is 2. The Morgan fingerprint density at radius 1 is 1.15 bits per heavy atom. The summed E-state index contributed by atoms with van der Waals surface area (Å²) in [6.45, 7) is 17.6. The lowest BCUT2D eigenvalue weighted by molar-refractivity contribution is -0.130. The highest BCUT2D eigenvalue weighted by Crippen LogP contribution is 2.16. The Hall–Kier alpha value is -0.610. The van der Waals surface area contributed by atoms with E-state index in [1.807, 2.05) is 25.7 Å². The third-order valence-electron chi connectivity index (χ3n) is 4.58. The van der Waals surface area contributed by atoms with Gasteiger partial charge >= 0.3 is 0 Å². The number of guanidine groups is 1. The lowest BCUT2D eigenvalue weighted by Crippen LogP contribution is -2.52. The SMILES string of the molecule is CCNC(=NCC(C)(C)N1CCOCC1)NCCC(=O)N(CC)CC.I. The van der Waals surface area contributed by atoms with Crippen LogP contribution in [-0.4, -0.2) is 86.2 Å². The molecule has 0 unspecified atom stereocenters. The summed E-state index contributed by atoms with van der Waals surface area (Å²) in [5, 5.41) is 6.54. The van der Waals surface area contributed by atoms with Crippen LogP contribution in [0.3, 0.4) is 0 Å². The van der Waals surface area contributed by atoms with Crippen molar-refractivity contribution >= 4 is 35.8 Å². The van der Waals surface area contributed by atoms with Gasteiger partial charge in [0.2, 0.25) is 5.91 Å². The molecule has 1 saturated heterocycles. The molecule has 1 fully saturated rings. The molecular weight excluding hydrogens is 445 g/mol. The van der Waals surface area contributed by atoms with E-state index >= 15 is 0 Å². The molecule has 1 aliphatic rings. The maximum Gasteiger partial charge on any atom is 0.224 e. The first-order chi connectivity index (χ1) is 11.9. The molecule has 1 amide bonds. The van der Waals surface area contributed by atoms with Gasteiger partial charge in [0.15, 0.2) is 5.96 Å². The second-order valence-electron chi connectivity index (χ2n) is 6.85. The molecule has 1 rings (SSSR count). The highest BCUT2D eigenvalue weighted by Gasteiger charge is 2.28. The Morgan fingerprint density at radius 2 is 1.77 bits per heavy atom. The third-order valence-corrected chi connectivity index (χ3v) is 4.58. The van der Waals surface area contributed by atoms with Crippen molar-refractivity contribution in [3.05, 3.63) is 0 Å². The van der Waals surface area contributed by atoms with E-state index in [9.17, 15) is 4.79 Å². The van der Waals surface area contributed by atoms with Crippen LogP contribution in [0.15, 0.2) is 4.99 Å². The van der Waals surface area contributed by atoms with Crippen LogP contribution in [0.25, 0.3) is 0 Å². The Bertz CT molecular complexity index is 422. The number of ether oxygens (including phenoxy) is 1. The van der Waals surface area contributed by atoms with Crippen LogP contribution in [0.4, 0.5) is 0 Å². The number of aliphatic imine (C=N–C) groups is 1. The van der Waals surface area contributed by atoms with Crippen molar-refractivity contribution in [2.75, 3.05) is 59.0 Å². The lowest BCUT2D eigenvalue weighted by Gasteiger charge is -2.39. The van der Waals surface area contributed by atoms with E-state index in [0.29, 0.717) is 19.5 Å². The Balaban J connectivity index is 0.00000625. The van der Waals surface area contributed by atoms with Crippen molar-refractivity contribution in [1.29, 1.82) is 0 Å². The first-order valence-corrected chi connectivity index (χ1v) is 9.57. The van der Waals surface area contributed by atoms with Gasteiger partial charge < -0.3 is 20.3 Å². The zero-order chi connectivity index (χ0) is 18.7. The molecular formula is C18H38IN5O2. The van der Waals surface area contributed by atoms with Gasteiger partial charge in [0.1, 0.15) is 0 Å². The third kappa shape index (κ3) is 8.85. The second kappa shape index (κ2) is 13.5. The van der Waals surface area contributed by atoms with Gasteiger partial charge in [0.05, 0.1) is 19.8 Å². The molecule has 7 nitrogen and oxygen atoms in total. The van der Waals surface area contributed by atoms with Crippen LogP contribution in [0.1, 0.15) is 41.0 Å². The molecule has 154 valence electrons. The molecule has 0 aliphatic carbocycles. The summed E-state index contributed by atoms with van der Waals surface area (Å²) in [6, 6.07) is 0. The van der Waals surface area contributed by atoms with Crippen molar-refractivity contribution in [1.82, 2.24) is 20.4 Å². The van der Waals surface area contributed by atoms with Gasteiger partial charge in [0, 0.05) is 51.2 Å². The molecule has 1 aliphatic heterocycles. The molecule has 0 aromatic carbocycles. The Morgan fingerprint density at radius 3 is 2.31 bits per heavy atom. The molecule has 0 saturated carbocycles. The zero-order valence-electron chi connectivity index (χ0n) is 17.1. The Kier molecular flexibility index (Phi) is 13.2. The van der Waals surface area contributed by atoms with E-state index in [0.717, 1.165) is 51.9 Å². The normalized spacial score (nSPS) is 16.0. The van der Waals surface area contributed by atoms with Gasteiger partial charge in [-0.25, -0.2) is 0 Å². The quantitative estimate of drug-likeness (QED) is 0.296. The van der Waals surface area contributed by atoms with Crippen molar-refractivity contribution in [2.24, 2.45) is 4.99 Å². The van der Waals surface area contributed by atoms with Gasteiger partial charge in [-0.05, 0) is 34.6 Å². The molecule has 8 heteroatoms. The molecule has 26 heavy (non-hydrogen) atoms. The number of amides is 1. The van der Waals surface area contributed by atoms with E-state index in [2.05, 4.69) is 29.4 Å². The van der Waals surface area contributed by atoms with Crippen molar-refractivity contribution in [2.45, 2.75) is 46.6 Å². The smallest absolute Gasteiger partial charge is 0.224 e. The van der Waals surface area contributed by atoms with Crippen molar-refractivity contribution < 1.29 is 9.53 Å². The fourth-order valence-electron chi connectivity index (χ4n) is 2.91. The Labute approximate surface area is 176 Å². The fourth-order valence-corrected chi connectivity index (χ4v) is 2.91. The first kappa shape index (κ1) is 25.4. The van der Waals surface area contributed by atoms with Crippen LogP contribution < -0.4 is 10.6 Å². The largest absolute Gasteiger partial charge is 0.379 e.